The van der Waals surface area contributed by atoms with Gasteiger partial charge in [0.05, 0.1) is 0 Å². The predicted octanol–water partition coefficient (Wildman–Crippen LogP) is 15.9. The van der Waals surface area contributed by atoms with Crippen LogP contribution in [0.5, 0.6) is 0 Å². The molecule has 0 aromatic rings. The molecule has 0 aliphatic heterocycles. The van der Waals surface area contributed by atoms with Gasteiger partial charge >= 0.3 is 17.9 Å². The number of carbonyl (C=O) groups excluding carboxylic acids is 3. The molecule has 0 radical (unpaired) electrons. The molecule has 0 fully saturated rings. The van der Waals surface area contributed by atoms with Gasteiger partial charge in [0.15, 0.2) is 6.10 Å². The SMILES string of the molecule is CCCCCCCCCCCCCC(=O)OC[C@@H](COC(=O)CCCCCCCCCCCCCCCCCC(C)C)OC(=O)CCCCCCCCCCC. The van der Waals surface area contributed by atoms with Crippen LogP contribution in [0, 0.1) is 5.92 Å². The van der Waals surface area contributed by atoms with Crippen LogP contribution in [0.4, 0.5) is 0 Å². The molecule has 0 aliphatic rings. The standard InChI is InChI=1S/C50H96O6/c1-5-7-9-11-13-15-21-26-29-33-37-41-48(51)54-44-47(56-50(53)43-39-35-31-24-14-12-10-8-6-2)45-55-49(52)42-38-34-30-27-23-20-18-16-17-19-22-25-28-32-36-40-46(3)4/h46-47H,5-45H2,1-4H3/t47-/m0/s1. The summed E-state index contributed by atoms with van der Waals surface area (Å²) in [6, 6.07) is 0. The molecule has 1 atom stereocenters. The monoisotopic (exact) mass is 793 g/mol. The largest absolute Gasteiger partial charge is 0.462 e. The molecule has 0 saturated heterocycles. The Morgan fingerprint density at radius 1 is 0.339 bits per heavy atom. The van der Waals surface area contributed by atoms with Crippen LogP contribution < -0.4 is 0 Å². The van der Waals surface area contributed by atoms with Crippen LogP contribution >= 0.6 is 0 Å². The van der Waals surface area contributed by atoms with E-state index in [4.69, 9.17) is 14.2 Å². The van der Waals surface area contributed by atoms with Gasteiger partial charge in [0.1, 0.15) is 13.2 Å². The first-order valence-electron chi connectivity index (χ1n) is 24.9. The normalized spacial score (nSPS) is 11.9. The molecule has 0 unspecified atom stereocenters. The average Bonchev–Trinajstić information content (AvgIpc) is 3.18. The molecule has 6 nitrogen and oxygen atoms in total. The molecule has 332 valence electrons. The quantitative estimate of drug-likeness (QED) is 0.0347. The first-order valence-corrected chi connectivity index (χ1v) is 24.9. The van der Waals surface area contributed by atoms with Crippen molar-refractivity contribution in [1.29, 1.82) is 0 Å². The van der Waals surface area contributed by atoms with E-state index in [1.54, 1.807) is 0 Å². The Bertz CT molecular complexity index is 841. The summed E-state index contributed by atoms with van der Waals surface area (Å²) in [6.45, 7) is 9.01. The predicted molar refractivity (Wildman–Crippen MR) is 238 cm³/mol. The van der Waals surface area contributed by atoms with Crippen molar-refractivity contribution in [2.45, 2.75) is 284 Å². The van der Waals surface area contributed by atoms with Crippen LogP contribution in [0.3, 0.4) is 0 Å². The number of ether oxygens (including phenoxy) is 3. The zero-order valence-corrected chi connectivity index (χ0v) is 38.1. The number of esters is 3. The van der Waals surface area contributed by atoms with Crippen molar-refractivity contribution in [3.8, 4) is 0 Å². The average molecular weight is 793 g/mol. The highest BCUT2D eigenvalue weighted by Gasteiger charge is 2.19. The summed E-state index contributed by atoms with van der Waals surface area (Å²) in [7, 11) is 0. The van der Waals surface area contributed by atoms with Gasteiger partial charge in [-0.05, 0) is 25.2 Å². The summed E-state index contributed by atoms with van der Waals surface area (Å²) in [5.41, 5.74) is 0. The van der Waals surface area contributed by atoms with Gasteiger partial charge in [0.2, 0.25) is 0 Å². The number of rotatable bonds is 45. The van der Waals surface area contributed by atoms with E-state index in [2.05, 4.69) is 27.7 Å². The van der Waals surface area contributed by atoms with E-state index in [0.717, 1.165) is 63.7 Å². The van der Waals surface area contributed by atoms with E-state index >= 15 is 0 Å². The van der Waals surface area contributed by atoms with Crippen LogP contribution in [0.15, 0.2) is 0 Å². The minimum absolute atomic E-state index is 0.0631. The van der Waals surface area contributed by atoms with Crippen molar-refractivity contribution >= 4 is 17.9 Å². The molecule has 0 heterocycles. The van der Waals surface area contributed by atoms with Gasteiger partial charge in [-0.2, -0.15) is 0 Å². The van der Waals surface area contributed by atoms with Crippen LogP contribution in [0.1, 0.15) is 278 Å². The van der Waals surface area contributed by atoms with Crippen LogP contribution in [0.2, 0.25) is 0 Å². The molecule has 6 heteroatoms. The maximum Gasteiger partial charge on any atom is 0.306 e. The molecule has 0 rings (SSSR count). The minimum Gasteiger partial charge on any atom is -0.462 e. The summed E-state index contributed by atoms with van der Waals surface area (Å²) in [6.07, 6.45) is 45.2. The van der Waals surface area contributed by atoms with E-state index in [-0.39, 0.29) is 31.1 Å². The smallest absolute Gasteiger partial charge is 0.306 e. The summed E-state index contributed by atoms with van der Waals surface area (Å²) in [4.78, 5) is 37.7. The zero-order valence-electron chi connectivity index (χ0n) is 38.1. The molecule has 0 N–H and O–H groups in total. The fraction of sp³-hybridized carbons (Fsp3) is 0.940. The van der Waals surface area contributed by atoms with E-state index < -0.39 is 6.10 Å². The lowest BCUT2D eigenvalue weighted by Crippen LogP contribution is -2.30. The van der Waals surface area contributed by atoms with Gasteiger partial charge in [0.25, 0.3) is 0 Å². The lowest BCUT2D eigenvalue weighted by molar-refractivity contribution is -0.167. The van der Waals surface area contributed by atoms with Crippen molar-refractivity contribution < 1.29 is 28.6 Å². The summed E-state index contributed by atoms with van der Waals surface area (Å²) in [5.74, 6) is -0.00151. The van der Waals surface area contributed by atoms with Gasteiger partial charge in [-0.1, -0.05) is 240 Å². The zero-order chi connectivity index (χ0) is 41.0. The highest BCUT2D eigenvalue weighted by atomic mass is 16.6. The minimum atomic E-state index is -0.758. The number of unbranched alkanes of at least 4 members (excludes halogenated alkanes) is 32. The highest BCUT2D eigenvalue weighted by Crippen LogP contribution is 2.17. The van der Waals surface area contributed by atoms with Gasteiger partial charge in [0, 0.05) is 19.3 Å². The Labute approximate surface area is 348 Å². The molecule has 0 spiro atoms. The molecule has 0 aromatic heterocycles. The van der Waals surface area contributed by atoms with Crippen LogP contribution in [0.25, 0.3) is 0 Å². The summed E-state index contributed by atoms with van der Waals surface area (Å²) in [5, 5.41) is 0. The van der Waals surface area contributed by atoms with Gasteiger partial charge in [-0.3, -0.25) is 14.4 Å². The Hall–Kier alpha value is -1.59. The molecule has 0 bridgehead atoms. The third-order valence-electron chi connectivity index (χ3n) is 11.3. The molecule has 0 aromatic carbocycles. The Morgan fingerprint density at radius 2 is 0.589 bits per heavy atom. The second-order valence-corrected chi connectivity index (χ2v) is 17.6. The fourth-order valence-electron chi connectivity index (χ4n) is 7.51. The van der Waals surface area contributed by atoms with Gasteiger partial charge in [-0.15, -0.1) is 0 Å². The maximum atomic E-state index is 12.7. The lowest BCUT2D eigenvalue weighted by atomic mass is 10.0. The highest BCUT2D eigenvalue weighted by molar-refractivity contribution is 5.71. The van der Waals surface area contributed by atoms with Gasteiger partial charge < -0.3 is 14.2 Å². The Balaban J connectivity index is 4.21. The first-order chi connectivity index (χ1) is 27.4. The van der Waals surface area contributed by atoms with E-state index in [1.165, 1.54) is 173 Å². The molecule has 56 heavy (non-hydrogen) atoms. The fourth-order valence-corrected chi connectivity index (χ4v) is 7.51. The van der Waals surface area contributed by atoms with Crippen molar-refractivity contribution in [2.24, 2.45) is 5.92 Å². The van der Waals surface area contributed by atoms with Crippen LogP contribution in [-0.2, 0) is 28.6 Å². The molecule has 0 aliphatic carbocycles. The van der Waals surface area contributed by atoms with Gasteiger partial charge in [-0.25, -0.2) is 0 Å². The third-order valence-corrected chi connectivity index (χ3v) is 11.3. The molecular formula is C50H96O6. The second kappa shape index (κ2) is 44.5. The molecule has 0 amide bonds. The first kappa shape index (κ1) is 54.4. The Morgan fingerprint density at radius 3 is 0.875 bits per heavy atom. The number of carbonyl (C=O) groups is 3. The van der Waals surface area contributed by atoms with Crippen molar-refractivity contribution in [2.75, 3.05) is 13.2 Å². The maximum absolute atomic E-state index is 12.7. The molecular weight excluding hydrogens is 697 g/mol. The third kappa shape index (κ3) is 43.5. The Kier molecular flexibility index (Phi) is 43.2. The molecule has 0 saturated carbocycles. The van der Waals surface area contributed by atoms with E-state index in [1.807, 2.05) is 0 Å². The second-order valence-electron chi connectivity index (χ2n) is 17.6. The van der Waals surface area contributed by atoms with E-state index in [9.17, 15) is 14.4 Å². The summed E-state index contributed by atoms with van der Waals surface area (Å²) < 4.78 is 16.7. The van der Waals surface area contributed by atoms with Crippen LogP contribution in [-0.4, -0.2) is 37.2 Å². The summed E-state index contributed by atoms with van der Waals surface area (Å²) >= 11 is 0. The van der Waals surface area contributed by atoms with Crippen molar-refractivity contribution in [3.63, 3.8) is 0 Å². The van der Waals surface area contributed by atoms with Crippen molar-refractivity contribution in [3.05, 3.63) is 0 Å². The van der Waals surface area contributed by atoms with Crippen molar-refractivity contribution in [1.82, 2.24) is 0 Å². The number of hydrogen-bond acceptors (Lipinski definition) is 6. The lowest BCUT2D eigenvalue weighted by Gasteiger charge is -2.18. The van der Waals surface area contributed by atoms with E-state index in [0.29, 0.717) is 19.3 Å². The number of hydrogen-bond donors (Lipinski definition) is 0. The topological polar surface area (TPSA) is 78.9 Å².